The molecule has 0 spiro atoms. The lowest BCUT2D eigenvalue weighted by Gasteiger charge is -2.60. The number of fused-ring (bicyclic) bond motifs is 5. The summed E-state index contributed by atoms with van der Waals surface area (Å²) in [5, 5.41) is 22.9. The zero-order valence-corrected chi connectivity index (χ0v) is 18.2. The Balaban J connectivity index is 1.70. The van der Waals surface area contributed by atoms with Crippen molar-refractivity contribution in [3.63, 3.8) is 0 Å². The Labute approximate surface area is 177 Å². The maximum absolute atomic E-state index is 12.9. The number of aliphatic hydroxyl groups is 2. The highest BCUT2D eigenvalue weighted by Gasteiger charge is 2.68. The van der Waals surface area contributed by atoms with E-state index < -0.39 is 40.9 Å². The molecule has 2 N–H and O–H groups in total. The van der Waals surface area contributed by atoms with Crippen LogP contribution in [0.25, 0.3) is 0 Å². The maximum atomic E-state index is 12.9. The number of rotatable bonds is 3. The first kappa shape index (κ1) is 21.4. The van der Waals surface area contributed by atoms with Gasteiger partial charge in [-0.2, -0.15) is 0 Å². The van der Waals surface area contributed by atoms with Gasteiger partial charge < -0.3 is 14.9 Å². The second-order valence-electron chi connectivity index (χ2n) is 10.3. The lowest BCUT2D eigenvalue weighted by molar-refractivity contribution is -0.182. The summed E-state index contributed by atoms with van der Waals surface area (Å²) in [6, 6.07) is 0. The summed E-state index contributed by atoms with van der Waals surface area (Å²) in [4.78, 5) is 36.1. The lowest BCUT2D eigenvalue weighted by atomic mass is 9.45. The van der Waals surface area contributed by atoms with E-state index in [-0.39, 0.29) is 29.5 Å². The van der Waals surface area contributed by atoms with Crippen molar-refractivity contribution >= 4 is 17.5 Å². The molecule has 0 aromatic heterocycles. The highest BCUT2D eigenvalue weighted by Crippen LogP contribution is 2.67. The van der Waals surface area contributed by atoms with Gasteiger partial charge in [0.1, 0.15) is 5.60 Å². The molecule has 0 radical (unpaired) electrons. The molecule has 3 fully saturated rings. The highest BCUT2D eigenvalue weighted by molar-refractivity contribution is 6.01. The van der Waals surface area contributed by atoms with E-state index in [0.29, 0.717) is 19.3 Å². The number of esters is 1. The smallest absolute Gasteiger partial charge is 0.303 e. The monoisotopic (exact) mass is 416 g/mol. The predicted octanol–water partition coefficient (Wildman–Crippen LogP) is 2.37. The van der Waals surface area contributed by atoms with Gasteiger partial charge >= 0.3 is 5.97 Å². The van der Waals surface area contributed by atoms with Gasteiger partial charge in [-0.25, -0.2) is 0 Å². The molecule has 164 valence electrons. The molecule has 6 nitrogen and oxygen atoms in total. The average Bonchev–Trinajstić information content (AvgIpc) is 2.93. The quantitative estimate of drug-likeness (QED) is 0.685. The van der Waals surface area contributed by atoms with Crippen LogP contribution in [0.15, 0.2) is 23.8 Å². The van der Waals surface area contributed by atoms with Gasteiger partial charge in [0, 0.05) is 23.7 Å². The summed E-state index contributed by atoms with van der Waals surface area (Å²) >= 11 is 0. The highest BCUT2D eigenvalue weighted by atomic mass is 16.5. The molecule has 3 saturated carbocycles. The molecule has 0 amide bonds. The Hall–Kier alpha value is -1.79. The first-order valence-corrected chi connectivity index (χ1v) is 11.0. The first-order chi connectivity index (χ1) is 13.9. The number of hydrogen-bond donors (Lipinski definition) is 2. The molecule has 4 aliphatic rings. The predicted molar refractivity (Wildman–Crippen MR) is 109 cm³/mol. The minimum absolute atomic E-state index is 0.00535. The number of ketones is 2. The SMILES string of the molecule is CC(=O)OCC(=O)[C@]1(O)CC[C@H]2[C@@H]3C[C@H](C)C4=CC(=O)C=C[C@]4(C)[C@H]3[C@@H](O)C[C@@]21C. The van der Waals surface area contributed by atoms with E-state index in [1.165, 1.54) is 6.92 Å². The Kier molecular flexibility index (Phi) is 4.90. The summed E-state index contributed by atoms with van der Waals surface area (Å²) in [5.74, 6) is -0.712. The summed E-state index contributed by atoms with van der Waals surface area (Å²) in [6.07, 6.45) is 6.71. The van der Waals surface area contributed by atoms with Crippen molar-refractivity contribution in [2.24, 2.45) is 34.5 Å². The number of carbonyl (C=O) groups is 3. The Morgan fingerprint density at radius 2 is 2.00 bits per heavy atom. The number of Topliss-reactive ketones (excluding diaryl/α,β-unsaturated/α-hetero) is 1. The molecule has 0 aliphatic heterocycles. The zero-order chi connectivity index (χ0) is 22.1. The van der Waals surface area contributed by atoms with Crippen molar-refractivity contribution in [3.8, 4) is 0 Å². The molecule has 4 rings (SSSR count). The van der Waals surface area contributed by atoms with Crippen molar-refractivity contribution < 1.29 is 29.3 Å². The van der Waals surface area contributed by atoms with Gasteiger partial charge in [0.15, 0.2) is 12.4 Å². The molecule has 0 aromatic carbocycles. The fourth-order valence-corrected chi connectivity index (χ4v) is 7.50. The van der Waals surface area contributed by atoms with Gasteiger partial charge in [-0.15, -0.1) is 0 Å². The van der Waals surface area contributed by atoms with Crippen LogP contribution in [-0.4, -0.2) is 46.1 Å². The third kappa shape index (κ3) is 2.79. The van der Waals surface area contributed by atoms with Gasteiger partial charge in [-0.1, -0.05) is 32.4 Å². The molecule has 0 saturated heterocycles. The molecule has 6 heteroatoms. The summed E-state index contributed by atoms with van der Waals surface area (Å²) in [7, 11) is 0. The van der Waals surface area contributed by atoms with E-state index in [2.05, 4.69) is 13.8 Å². The van der Waals surface area contributed by atoms with Gasteiger partial charge in [0.25, 0.3) is 0 Å². The van der Waals surface area contributed by atoms with Gasteiger partial charge in [0.2, 0.25) is 5.78 Å². The molecule has 4 aliphatic carbocycles. The van der Waals surface area contributed by atoms with Crippen LogP contribution in [0.1, 0.15) is 53.4 Å². The Bertz CT molecular complexity index is 858. The van der Waals surface area contributed by atoms with E-state index in [4.69, 9.17) is 4.74 Å². The van der Waals surface area contributed by atoms with E-state index in [1.807, 2.05) is 13.0 Å². The van der Waals surface area contributed by atoms with Crippen LogP contribution in [-0.2, 0) is 19.1 Å². The van der Waals surface area contributed by atoms with Gasteiger partial charge in [-0.3, -0.25) is 14.4 Å². The van der Waals surface area contributed by atoms with Crippen LogP contribution < -0.4 is 0 Å². The molecule has 0 heterocycles. The number of ether oxygens (including phenoxy) is 1. The van der Waals surface area contributed by atoms with Crippen LogP contribution >= 0.6 is 0 Å². The minimum atomic E-state index is -1.61. The molecule has 0 unspecified atom stereocenters. The van der Waals surface area contributed by atoms with Crippen LogP contribution in [0.3, 0.4) is 0 Å². The van der Waals surface area contributed by atoms with Crippen molar-refractivity contribution in [2.45, 2.75) is 65.1 Å². The lowest BCUT2D eigenvalue weighted by Crippen LogP contribution is -2.62. The molecule has 0 bridgehead atoms. The molecular weight excluding hydrogens is 384 g/mol. The number of aliphatic hydroxyl groups excluding tert-OH is 1. The second-order valence-corrected chi connectivity index (χ2v) is 10.3. The van der Waals surface area contributed by atoms with Crippen molar-refractivity contribution in [1.82, 2.24) is 0 Å². The summed E-state index contributed by atoms with van der Waals surface area (Å²) in [5.41, 5.74) is -1.72. The van der Waals surface area contributed by atoms with Crippen molar-refractivity contribution in [2.75, 3.05) is 6.61 Å². The van der Waals surface area contributed by atoms with Crippen LogP contribution in [0, 0.1) is 34.5 Å². The van der Waals surface area contributed by atoms with Crippen LogP contribution in [0.4, 0.5) is 0 Å². The normalized spacial score (nSPS) is 47.1. The Morgan fingerprint density at radius 3 is 2.67 bits per heavy atom. The Morgan fingerprint density at radius 1 is 1.30 bits per heavy atom. The maximum Gasteiger partial charge on any atom is 0.303 e. The molecule has 30 heavy (non-hydrogen) atoms. The number of allylic oxidation sites excluding steroid dienone is 4. The van der Waals surface area contributed by atoms with Crippen molar-refractivity contribution in [3.05, 3.63) is 23.8 Å². The van der Waals surface area contributed by atoms with E-state index in [1.54, 1.807) is 12.2 Å². The standard InChI is InChI=1S/C24H32O6/c1-13-9-16-17-6-8-24(29,20(28)12-30-14(2)25)23(17,4)11-19(27)21(16)22(3)7-5-15(26)10-18(13)22/h5,7,10,13,16-17,19,21,27,29H,6,8-9,11-12H2,1-4H3/t13-,16-,17-,19-,21+,22-,23-,24+/m0/s1. The number of carbonyl (C=O) groups excluding carboxylic acids is 3. The van der Waals surface area contributed by atoms with Crippen LogP contribution in [0.2, 0.25) is 0 Å². The molecule has 8 atom stereocenters. The molecule has 0 aromatic rings. The zero-order valence-electron chi connectivity index (χ0n) is 18.2. The summed E-state index contributed by atoms with van der Waals surface area (Å²) in [6.45, 7) is 6.94. The van der Waals surface area contributed by atoms with Crippen LogP contribution in [0.5, 0.6) is 0 Å². The topological polar surface area (TPSA) is 101 Å². The summed E-state index contributed by atoms with van der Waals surface area (Å²) < 4.78 is 4.89. The van der Waals surface area contributed by atoms with Crippen molar-refractivity contribution in [1.29, 1.82) is 0 Å². The molecular formula is C24H32O6. The average molecular weight is 417 g/mol. The third-order valence-electron chi connectivity index (χ3n) is 8.84. The first-order valence-electron chi connectivity index (χ1n) is 11.0. The fraction of sp³-hybridized carbons (Fsp3) is 0.708. The number of hydrogen-bond acceptors (Lipinski definition) is 6. The minimum Gasteiger partial charge on any atom is -0.458 e. The largest absolute Gasteiger partial charge is 0.458 e. The van der Waals surface area contributed by atoms with Gasteiger partial charge in [0.05, 0.1) is 6.10 Å². The fourth-order valence-electron chi connectivity index (χ4n) is 7.50. The third-order valence-corrected chi connectivity index (χ3v) is 8.84. The van der Waals surface area contributed by atoms with E-state index in [0.717, 1.165) is 12.0 Å². The van der Waals surface area contributed by atoms with Gasteiger partial charge in [-0.05, 0) is 55.6 Å². The van der Waals surface area contributed by atoms with E-state index >= 15 is 0 Å². The van der Waals surface area contributed by atoms with E-state index in [9.17, 15) is 24.6 Å². The second kappa shape index (κ2) is 6.86.